The Bertz CT molecular complexity index is 1260. The number of fused-ring (bicyclic) bond motifs is 1. The Morgan fingerprint density at radius 1 is 0.774 bits per heavy atom. The van der Waals surface area contributed by atoms with Crippen molar-refractivity contribution in [3.63, 3.8) is 0 Å². The van der Waals surface area contributed by atoms with Gasteiger partial charge in [-0.3, -0.25) is 4.79 Å². The number of benzene rings is 4. The Hall–Kier alpha value is -4.32. The molecule has 152 valence electrons. The highest BCUT2D eigenvalue weighted by Crippen LogP contribution is 2.19. The van der Waals surface area contributed by atoms with E-state index in [1.165, 1.54) is 0 Å². The standard InChI is InChI=1S/C25H19N3O3/c1-17-6-8-19(9-7-17)25(30)31-28-23-14-12-22(13-15-23)26-27-24(29)21-11-10-18-4-2-3-5-20(18)16-21/h2-16,28H,1H3. The van der Waals surface area contributed by atoms with Crippen LogP contribution in [-0.4, -0.2) is 11.9 Å². The molecule has 4 aromatic carbocycles. The van der Waals surface area contributed by atoms with E-state index in [0.717, 1.165) is 16.3 Å². The molecule has 0 spiro atoms. The fourth-order valence-electron chi connectivity index (χ4n) is 2.93. The molecule has 0 aliphatic heterocycles. The molecular formula is C25H19N3O3. The first kappa shape index (κ1) is 20.0. The topological polar surface area (TPSA) is 80.1 Å². The first-order valence-corrected chi connectivity index (χ1v) is 9.67. The maximum Gasteiger partial charge on any atom is 0.362 e. The van der Waals surface area contributed by atoms with Gasteiger partial charge in [-0.2, -0.15) is 0 Å². The van der Waals surface area contributed by atoms with E-state index < -0.39 is 11.9 Å². The Morgan fingerprint density at radius 3 is 2.19 bits per heavy atom. The fraction of sp³-hybridized carbons (Fsp3) is 0.0400. The third-order valence-corrected chi connectivity index (χ3v) is 4.67. The summed E-state index contributed by atoms with van der Waals surface area (Å²) in [5, 5.41) is 9.83. The molecule has 31 heavy (non-hydrogen) atoms. The molecule has 0 atom stereocenters. The average Bonchev–Trinajstić information content (AvgIpc) is 2.81. The van der Waals surface area contributed by atoms with E-state index >= 15 is 0 Å². The predicted octanol–water partition coefficient (Wildman–Crippen LogP) is 6.26. The van der Waals surface area contributed by atoms with Crippen LogP contribution in [0.4, 0.5) is 11.4 Å². The molecule has 4 rings (SSSR count). The lowest BCUT2D eigenvalue weighted by Crippen LogP contribution is -2.10. The maximum absolute atomic E-state index is 12.3. The van der Waals surface area contributed by atoms with Crippen molar-refractivity contribution >= 4 is 34.0 Å². The number of hydrogen-bond donors (Lipinski definition) is 1. The monoisotopic (exact) mass is 409 g/mol. The van der Waals surface area contributed by atoms with Crippen LogP contribution >= 0.6 is 0 Å². The van der Waals surface area contributed by atoms with E-state index in [1.54, 1.807) is 48.5 Å². The van der Waals surface area contributed by atoms with Crippen molar-refractivity contribution in [3.8, 4) is 0 Å². The first-order chi connectivity index (χ1) is 15.1. The maximum atomic E-state index is 12.3. The minimum atomic E-state index is -0.482. The molecule has 0 aliphatic carbocycles. The van der Waals surface area contributed by atoms with Crippen LogP contribution in [0.2, 0.25) is 0 Å². The van der Waals surface area contributed by atoms with Crippen molar-refractivity contribution in [2.45, 2.75) is 6.92 Å². The van der Waals surface area contributed by atoms with Gasteiger partial charge in [0.2, 0.25) is 0 Å². The first-order valence-electron chi connectivity index (χ1n) is 9.67. The summed E-state index contributed by atoms with van der Waals surface area (Å²) in [6.45, 7) is 1.95. The van der Waals surface area contributed by atoms with Crippen LogP contribution in [0.15, 0.2) is 101 Å². The van der Waals surface area contributed by atoms with Crippen molar-refractivity contribution < 1.29 is 14.4 Å². The van der Waals surface area contributed by atoms with E-state index in [1.807, 2.05) is 49.4 Å². The van der Waals surface area contributed by atoms with Crippen LogP contribution in [0.25, 0.3) is 10.8 Å². The van der Waals surface area contributed by atoms with E-state index in [-0.39, 0.29) is 0 Å². The van der Waals surface area contributed by atoms with Crippen LogP contribution in [0.3, 0.4) is 0 Å². The average molecular weight is 409 g/mol. The van der Waals surface area contributed by atoms with E-state index in [4.69, 9.17) is 4.84 Å². The smallest absolute Gasteiger partial charge is 0.338 e. The van der Waals surface area contributed by atoms with E-state index in [2.05, 4.69) is 15.7 Å². The molecule has 0 bridgehead atoms. The van der Waals surface area contributed by atoms with Gasteiger partial charge in [0.05, 0.1) is 16.9 Å². The largest absolute Gasteiger partial charge is 0.362 e. The van der Waals surface area contributed by atoms with Gasteiger partial charge in [0.1, 0.15) is 0 Å². The Kier molecular flexibility index (Phi) is 5.80. The molecule has 0 aromatic heterocycles. The van der Waals surface area contributed by atoms with Crippen LogP contribution in [-0.2, 0) is 4.84 Å². The summed E-state index contributed by atoms with van der Waals surface area (Å²) < 4.78 is 0. The highest BCUT2D eigenvalue weighted by atomic mass is 16.7. The lowest BCUT2D eigenvalue weighted by molar-refractivity contribution is 0.0596. The van der Waals surface area contributed by atoms with E-state index in [0.29, 0.717) is 22.5 Å². The molecule has 0 fully saturated rings. The summed E-state index contributed by atoms with van der Waals surface area (Å²) >= 11 is 0. The quantitative estimate of drug-likeness (QED) is 0.312. The highest BCUT2D eigenvalue weighted by Gasteiger charge is 2.08. The lowest BCUT2D eigenvalue weighted by Gasteiger charge is -2.07. The Labute approximate surface area is 179 Å². The minimum Gasteiger partial charge on any atom is -0.338 e. The predicted molar refractivity (Wildman–Crippen MR) is 119 cm³/mol. The summed E-state index contributed by atoms with van der Waals surface area (Å²) in [4.78, 5) is 29.5. The van der Waals surface area contributed by atoms with Crippen molar-refractivity contribution in [1.82, 2.24) is 0 Å². The number of amides is 1. The molecule has 4 aromatic rings. The molecule has 6 heteroatoms. The van der Waals surface area contributed by atoms with Crippen molar-refractivity contribution in [2.75, 3.05) is 5.48 Å². The second-order valence-corrected chi connectivity index (χ2v) is 6.97. The Morgan fingerprint density at radius 2 is 1.45 bits per heavy atom. The van der Waals surface area contributed by atoms with Crippen molar-refractivity contribution in [1.29, 1.82) is 0 Å². The molecule has 0 unspecified atom stereocenters. The molecule has 0 aliphatic rings. The summed E-state index contributed by atoms with van der Waals surface area (Å²) in [7, 11) is 0. The molecule has 6 nitrogen and oxygen atoms in total. The van der Waals surface area contributed by atoms with Gasteiger partial charge in [-0.15, -0.1) is 10.2 Å². The third-order valence-electron chi connectivity index (χ3n) is 4.67. The number of anilines is 1. The summed E-state index contributed by atoms with van der Waals surface area (Å²) in [6, 6.07) is 27.0. The zero-order valence-electron chi connectivity index (χ0n) is 16.8. The van der Waals surface area contributed by atoms with Gasteiger partial charge in [-0.25, -0.2) is 10.3 Å². The SMILES string of the molecule is Cc1ccc(C(=O)ONc2ccc(N=NC(=O)c3ccc4ccccc4c3)cc2)cc1. The fourth-order valence-corrected chi connectivity index (χ4v) is 2.93. The number of aryl methyl sites for hydroxylation is 1. The summed E-state index contributed by atoms with van der Waals surface area (Å²) in [6.07, 6.45) is 0. The molecule has 1 amide bonds. The molecule has 1 N–H and O–H groups in total. The van der Waals surface area contributed by atoms with Gasteiger partial charge in [-0.1, -0.05) is 48.0 Å². The number of nitrogens with one attached hydrogen (secondary N) is 1. The molecule has 0 radical (unpaired) electrons. The lowest BCUT2D eigenvalue weighted by atomic mass is 10.1. The second kappa shape index (κ2) is 9.00. The zero-order chi connectivity index (χ0) is 21.6. The summed E-state index contributed by atoms with van der Waals surface area (Å²) in [5.74, 6) is -0.898. The van der Waals surface area contributed by atoms with Crippen LogP contribution in [0.5, 0.6) is 0 Å². The van der Waals surface area contributed by atoms with Crippen molar-refractivity contribution in [3.05, 3.63) is 108 Å². The molecule has 0 saturated carbocycles. The highest BCUT2D eigenvalue weighted by molar-refractivity contribution is 5.99. The van der Waals surface area contributed by atoms with Crippen LogP contribution in [0, 0.1) is 6.92 Å². The number of azo groups is 1. The number of hydrogen-bond acceptors (Lipinski definition) is 5. The number of carbonyl (C=O) groups is 2. The van der Waals surface area contributed by atoms with Gasteiger partial charge < -0.3 is 4.84 Å². The minimum absolute atomic E-state index is 0.417. The number of rotatable bonds is 5. The van der Waals surface area contributed by atoms with Gasteiger partial charge >= 0.3 is 5.97 Å². The normalized spacial score (nSPS) is 10.9. The molecular weight excluding hydrogens is 390 g/mol. The van der Waals surface area contributed by atoms with Gasteiger partial charge in [-0.05, 0) is 66.2 Å². The van der Waals surface area contributed by atoms with Gasteiger partial charge in [0.15, 0.2) is 0 Å². The number of nitrogens with zero attached hydrogens (tertiary/aromatic N) is 2. The number of carbonyl (C=O) groups excluding carboxylic acids is 2. The van der Waals surface area contributed by atoms with Crippen LogP contribution < -0.4 is 5.48 Å². The van der Waals surface area contributed by atoms with Crippen LogP contribution in [0.1, 0.15) is 26.3 Å². The second-order valence-electron chi connectivity index (χ2n) is 6.97. The van der Waals surface area contributed by atoms with E-state index in [9.17, 15) is 9.59 Å². The van der Waals surface area contributed by atoms with Gasteiger partial charge in [0, 0.05) is 5.56 Å². The molecule has 0 saturated heterocycles. The Balaban J connectivity index is 1.36. The third kappa shape index (κ3) is 5.00. The zero-order valence-corrected chi connectivity index (χ0v) is 16.8. The molecule has 0 heterocycles. The summed E-state index contributed by atoms with van der Waals surface area (Å²) in [5.41, 5.74) is 5.67. The van der Waals surface area contributed by atoms with Crippen molar-refractivity contribution in [2.24, 2.45) is 10.2 Å². The van der Waals surface area contributed by atoms with Gasteiger partial charge in [0.25, 0.3) is 5.91 Å².